The van der Waals surface area contributed by atoms with E-state index in [9.17, 15) is 28.6 Å². The molecule has 0 radical (unpaired) electrons. The quantitative estimate of drug-likeness (QED) is 0.605. The van der Waals surface area contributed by atoms with Gasteiger partial charge in [-0.1, -0.05) is 6.42 Å². The minimum absolute atomic E-state index is 0.227. The molecule has 0 heterocycles. The van der Waals surface area contributed by atoms with E-state index in [1.807, 2.05) is 0 Å². The minimum atomic E-state index is -4.15. The van der Waals surface area contributed by atoms with Crippen LogP contribution in [0, 0.1) is 38.0 Å². The number of fused-ring (bicyclic) bond motifs is 2. The zero-order chi connectivity index (χ0) is 18.4. The van der Waals surface area contributed by atoms with Gasteiger partial charge in [-0.15, -0.1) is 0 Å². The number of sulfonamides is 1. The van der Waals surface area contributed by atoms with Crippen LogP contribution in [0.5, 0.6) is 0 Å². The fourth-order valence-corrected chi connectivity index (χ4v) is 5.74. The van der Waals surface area contributed by atoms with E-state index in [0.29, 0.717) is 17.9 Å². The molecule has 2 aliphatic rings. The lowest BCUT2D eigenvalue weighted by Gasteiger charge is -2.28. The number of hydrogen-bond acceptors (Lipinski definition) is 6. The molecule has 4 unspecified atom stereocenters. The van der Waals surface area contributed by atoms with Crippen molar-refractivity contribution in [3.8, 4) is 0 Å². The largest absolute Gasteiger partial charge is 0.296 e. The second kappa shape index (κ2) is 6.34. The fraction of sp³-hybridized carbons (Fsp3) is 0.600. The Morgan fingerprint density at radius 3 is 2.40 bits per heavy atom. The Bertz CT molecular complexity index is 825. The molecule has 2 aliphatic carbocycles. The van der Waals surface area contributed by atoms with Crippen molar-refractivity contribution in [1.29, 1.82) is 0 Å². The fourth-order valence-electron chi connectivity index (χ4n) is 4.29. The van der Waals surface area contributed by atoms with Gasteiger partial charge in [-0.2, -0.15) is 0 Å². The highest BCUT2D eigenvalue weighted by atomic mass is 32.2. The van der Waals surface area contributed by atoms with E-state index < -0.39 is 36.1 Å². The number of rotatable bonds is 6. The monoisotopic (exact) mass is 369 g/mol. The highest BCUT2D eigenvalue weighted by molar-refractivity contribution is 7.89. The van der Waals surface area contributed by atoms with Crippen LogP contribution in [0.15, 0.2) is 23.1 Å². The van der Waals surface area contributed by atoms with E-state index in [1.165, 1.54) is 6.42 Å². The Labute approximate surface area is 144 Å². The summed E-state index contributed by atoms with van der Waals surface area (Å²) in [5.41, 5.74) is -1.31. The lowest BCUT2D eigenvalue weighted by Crippen LogP contribution is -2.40. The summed E-state index contributed by atoms with van der Waals surface area (Å²) >= 11 is 0. The Morgan fingerprint density at radius 2 is 1.88 bits per heavy atom. The van der Waals surface area contributed by atoms with Gasteiger partial charge in [-0.25, -0.2) is 13.1 Å². The van der Waals surface area contributed by atoms with Crippen LogP contribution < -0.4 is 4.72 Å². The molecule has 25 heavy (non-hydrogen) atoms. The van der Waals surface area contributed by atoms with Crippen molar-refractivity contribution in [3.05, 3.63) is 38.4 Å². The molecule has 1 N–H and O–H groups in total. The smallest absolute Gasteiger partial charge is 0.258 e. The van der Waals surface area contributed by atoms with Gasteiger partial charge in [0.15, 0.2) is 4.90 Å². The molecular formula is C15H19N3O6S. The first-order valence-electron chi connectivity index (χ1n) is 8.14. The first kappa shape index (κ1) is 17.7. The van der Waals surface area contributed by atoms with Crippen molar-refractivity contribution < 1.29 is 18.3 Å². The normalized spacial score (nSPS) is 26.5. The summed E-state index contributed by atoms with van der Waals surface area (Å²) in [5, 5.41) is 22.0. The lowest BCUT2D eigenvalue weighted by molar-refractivity contribution is -0.396. The molecule has 2 saturated carbocycles. The predicted octanol–water partition coefficient (Wildman–Crippen LogP) is 2.61. The highest BCUT2D eigenvalue weighted by Crippen LogP contribution is 2.49. The van der Waals surface area contributed by atoms with Crippen LogP contribution in [0.2, 0.25) is 0 Å². The highest BCUT2D eigenvalue weighted by Gasteiger charge is 2.43. The molecule has 2 bridgehead atoms. The summed E-state index contributed by atoms with van der Waals surface area (Å²) in [6.45, 7) is 1.78. The number of nitrogens with one attached hydrogen (secondary N) is 1. The van der Waals surface area contributed by atoms with Crippen molar-refractivity contribution in [3.63, 3.8) is 0 Å². The molecule has 2 fully saturated rings. The second-order valence-corrected chi connectivity index (χ2v) is 8.60. The molecule has 10 heteroatoms. The van der Waals surface area contributed by atoms with Crippen molar-refractivity contribution in [2.45, 2.75) is 43.5 Å². The maximum absolute atomic E-state index is 12.6. The van der Waals surface area contributed by atoms with Crippen LogP contribution >= 0.6 is 0 Å². The van der Waals surface area contributed by atoms with E-state index in [1.54, 1.807) is 6.92 Å². The zero-order valence-electron chi connectivity index (χ0n) is 13.6. The number of nitro groups is 2. The predicted molar refractivity (Wildman–Crippen MR) is 88.5 cm³/mol. The molecule has 1 aromatic carbocycles. The summed E-state index contributed by atoms with van der Waals surface area (Å²) < 4.78 is 27.8. The SMILES string of the molecule is CC(NS(=O)(=O)c1ccc([N+](=O)[O-])cc1[N+](=O)[O-])C1CC2CCC1C2. The molecule has 0 aliphatic heterocycles. The maximum Gasteiger partial charge on any atom is 0.296 e. The van der Waals surface area contributed by atoms with Crippen molar-refractivity contribution >= 4 is 21.4 Å². The topological polar surface area (TPSA) is 132 Å². The number of nitro benzene ring substituents is 2. The van der Waals surface area contributed by atoms with Gasteiger partial charge in [0.05, 0.1) is 15.9 Å². The minimum Gasteiger partial charge on any atom is -0.258 e. The van der Waals surface area contributed by atoms with Gasteiger partial charge in [-0.3, -0.25) is 20.2 Å². The first-order valence-corrected chi connectivity index (χ1v) is 9.62. The standard InChI is InChI=1S/C15H19N3O6S/c1-9(13-7-10-2-3-11(13)6-10)16-25(23,24)15-5-4-12(17(19)20)8-14(15)18(21)22/h4-5,8-11,13,16H,2-3,6-7H2,1H3. The average molecular weight is 369 g/mol. The van der Waals surface area contributed by atoms with Gasteiger partial charge in [0.2, 0.25) is 10.0 Å². The molecule has 3 rings (SSSR count). The van der Waals surface area contributed by atoms with Crippen molar-refractivity contribution in [1.82, 2.24) is 4.72 Å². The van der Waals surface area contributed by atoms with Crippen molar-refractivity contribution in [2.24, 2.45) is 17.8 Å². The number of benzene rings is 1. The molecule has 9 nitrogen and oxygen atoms in total. The van der Waals surface area contributed by atoms with Crippen LogP contribution in [0.3, 0.4) is 0 Å². The second-order valence-electron chi connectivity index (χ2n) is 6.91. The van der Waals surface area contributed by atoms with E-state index in [2.05, 4.69) is 4.72 Å². The van der Waals surface area contributed by atoms with E-state index >= 15 is 0 Å². The summed E-state index contributed by atoms with van der Waals surface area (Å²) in [6, 6.07) is 2.22. The van der Waals surface area contributed by atoms with Crippen LogP contribution in [0.4, 0.5) is 11.4 Å². The zero-order valence-corrected chi connectivity index (χ0v) is 14.4. The van der Waals surface area contributed by atoms with Crippen LogP contribution in [0.25, 0.3) is 0 Å². The Hall–Kier alpha value is -2.07. The lowest BCUT2D eigenvalue weighted by atomic mass is 9.84. The summed E-state index contributed by atoms with van der Waals surface area (Å²) in [4.78, 5) is 19.7. The molecule has 0 saturated heterocycles. The first-order chi connectivity index (χ1) is 11.7. The molecule has 0 aromatic heterocycles. The van der Waals surface area contributed by atoms with E-state index in [-0.39, 0.29) is 12.0 Å². The van der Waals surface area contributed by atoms with Gasteiger partial charge in [0, 0.05) is 12.1 Å². The summed E-state index contributed by atoms with van der Waals surface area (Å²) in [7, 11) is -4.15. The number of nitrogens with zero attached hydrogens (tertiary/aromatic N) is 2. The Morgan fingerprint density at radius 1 is 1.16 bits per heavy atom. The molecule has 136 valence electrons. The molecule has 0 amide bonds. The molecule has 4 atom stereocenters. The van der Waals surface area contributed by atoms with Crippen LogP contribution in [-0.2, 0) is 10.0 Å². The van der Waals surface area contributed by atoms with Gasteiger partial charge in [0.1, 0.15) is 0 Å². The number of hydrogen-bond donors (Lipinski definition) is 1. The molecule has 0 spiro atoms. The van der Waals surface area contributed by atoms with Crippen molar-refractivity contribution in [2.75, 3.05) is 0 Å². The Balaban J connectivity index is 1.86. The van der Waals surface area contributed by atoms with Gasteiger partial charge in [-0.05, 0) is 50.0 Å². The maximum atomic E-state index is 12.6. The average Bonchev–Trinajstić information content (AvgIpc) is 3.16. The summed E-state index contributed by atoms with van der Waals surface area (Å²) in [6.07, 6.45) is 4.37. The van der Waals surface area contributed by atoms with E-state index in [4.69, 9.17) is 0 Å². The molecular weight excluding hydrogens is 350 g/mol. The van der Waals surface area contributed by atoms with Gasteiger partial charge in [0.25, 0.3) is 11.4 Å². The van der Waals surface area contributed by atoms with E-state index in [0.717, 1.165) is 31.4 Å². The number of non-ortho nitro benzene ring substituents is 1. The third kappa shape index (κ3) is 3.36. The summed E-state index contributed by atoms with van der Waals surface area (Å²) in [5.74, 6) is 1.37. The Kier molecular flexibility index (Phi) is 4.50. The third-order valence-electron chi connectivity index (χ3n) is 5.42. The van der Waals surface area contributed by atoms with Gasteiger partial charge < -0.3 is 0 Å². The van der Waals surface area contributed by atoms with Gasteiger partial charge >= 0.3 is 0 Å². The molecule has 1 aromatic rings. The van der Waals surface area contributed by atoms with Crippen LogP contribution in [-0.4, -0.2) is 24.3 Å². The third-order valence-corrected chi connectivity index (χ3v) is 7.02. The van der Waals surface area contributed by atoms with Crippen LogP contribution in [0.1, 0.15) is 32.6 Å².